The SMILES string of the molecule is CN(C)S(=O)(=O)N1CCOC(c2ccccn2)C1. The molecule has 1 fully saturated rings. The Kier molecular flexibility index (Phi) is 3.96. The first kappa shape index (κ1) is 13.4. The average Bonchev–Trinajstić information content (AvgIpc) is 2.40. The zero-order valence-electron chi connectivity index (χ0n) is 10.5. The highest BCUT2D eigenvalue weighted by molar-refractivity contribution is 7.86. The molecular weight excluding hydrogens is 254 g/mol. The summed E-state index contributed by atoms with van der Waals surface area (Å²) in [7, 11) is -0.325. The molecule has 0 N–H and O–H groups in total. The molecule has 1 aromatic heterocycles. The van der Waals surface area contributed by atoms with Crippen LogP contribution >= 0.6 is 0 Å². The summed E-state index contributed by atoms with van der Waals surface area (Å²) in [5.74, 6) is 0. The van der Waals surface area contributed by atoms with Crippen LogP contribution in [0.4, 0.5) is 0 Å². The average molecular weight is 271 g/mol. The van der Waals surface area contributed by atoms with Crippen molar-refractivity contribution in [3.63, 3.8) is 0 Å². The number of nitrogens with zero attached hydrogens (tertiary/aromatic N) is 3. The van der Waals surface area contributed by atoms with Gasteiger partial charge in [0.2, 0.25) is 0 Å². The van der Waals surface area contributed by atoms with E-state index in [2.05, 4.69) is 4.98 Å². The fraction of sp³-hybridized carbons (Fsp3) is 0.545. The number of ether oxygens (including phenoxy) is 1. The van der Waals surface area contributed by atoms with Crippen molar-refractivity contribution < 1.29 is 13.2 Å². The molecular formula is C11H17N3O3S. The lowest BCUT2D eigenvalue weighted by atomic mass is 10.2. The predicted octanol–water partition coefficient (Wildman–Crippen LogP) is 0.261. The van der Waals surface area contributed by atoms with Crippen molar-refractivity contribution in [1.82, 2.24) is 13.6 Å². The summed E-state index contributed by atoms with van der Waals surface area (Å²) in [5, 5.41) is 0. The van der Waals surface area contributed by atoms with E-state index in [1.807, 2.05) is 18.2 Å². The summed E-state index contributed by atoms with van der Waals surface area (Å²) in [6.07, 6.45) is 1.38. The van der Waals surface area contributed by atoms with Crippen molar-refractivity contribution >= 4 is 10.2 Å². The van der Waals surface area contributed by atoms with E-state index in [9.17, 15) is 8.42 Å². The lowest BCUT2D eigenvalue weighted by Crippen LogP contribution is -2.47. The second-order valence-corrected chi connectivity index (χ2v) is 6.40. The van der Waals surface area contributed by atoms with E-state index in [0.717, 1.165) is 5.69 Å². The summed E-state index contributed by atoms with van der Waals surface area (Å²) in [4.78, 5) is 4.20. The quantitative estimate of drug-likeness (QED) is 0.791. The van der Waals surface area contributed by atoms with Crippen LogP contribution in [0.5, 0.6) is 0 Å². The fourth-order valence-electron chi connectivity index (χ4n) is 1.81. The monoisotopic (exact) mass is 271 g/mol. The lowest BCUT2D eigenvalue weighted by molar-refractivity contribution is -0.00622. The first-order chi connectivity index (χ1) is 8.51. The Hall–Kier alpha value is -1.02. The number of rotatable bonds is 3. The Balaban J connectivity index is 2.15. The van der Waals surface area contributed by atoms with E-state index in [-0.39, 0.29) is 6.10 Å². The molecule has 1 aromatic rings. The summed E-state index contributed by atoms with van der Waals surface area (Å²) in [6.45, 7) is 1.07. The highest BCUT2D eigenvalue weighted by atomic mass is 32.2. The van der Waals surface area contributed by atoms with Gasteiger partial charge in [-0.15, -0.1) is 0 Å². The minimum absolute atomic E-state index is 0.297. The molecule has 1 aliphatic rings. The van der Waals surface area contributed by atoms with Gasteiger partial charge in [-0.3, -0.25) is 4.98 Å². The predicted molar refractivity (Wildman–Crippen MR) is 67.1 cm³/mol. The second kappa shape index (κ2) is 5.31. The molecule has 0 aliphatic carbocycles. The maximum Gasteiger partial charge on any atom is 0.281 e. The standard InChI is InChI=1S/C11H17N3O3S/c1-13(2)18(15,16)14-7-8-17-11(9-14)10-5-3-4-6-12-10/h3-6,11H,7-9H2,1-2H3. The van der Waals surface area contributed by atoms with Crippen LogP contribution in [0, 0.1) is 0 Å². The van der Waals surface area contributed by atoms with Gasteiger partial charge >= 0.3 is 0 Å². The van der Waals surface area contributed by atoms with Crippen molar-refractivity contribution in [1.29, 1.82) is 0 Å². The van der Waals surface area contributed by atoms with Gasteiger partial charge in [0.25, 0.3) is 10.2 Å². The Morgan fingerprint density at radius 3 is 2.83 bits per heavy atom. The number of pyridine rings is 1. The molecule has 1 unspecified atom stereocenters. The minimum atomic E-state index is -3.38. The molecule has 1 saturated heterocycles. The fourth-order valence-corrected chi connectivity index (χ4v) is 2.90. The molecule has 0 bridgehead atoms. The summed E-state index contributed by atoms with van der Waals surface area (Å²) in [6, 6.07) is 5.53. The lowest BCUT2D eigenvalue weighted by Gasteiger charge is -2.33. The molecule has 18 heavy (non-hydrogen) atoms. The van der Waals surface area contributed by atoms with E-state index >= 15 is 0 Å². The van der Waals surface area contributed by atoms with Crippen molar-refractivity contribution in [2.24, 2.45) is 0 Å². The van der Waals surface area contributed by atoms with Gasteiger partial charge in [0.15, 0.2) is 0 Å². The van der Waals surface area contributed by atoms with E-state index < -0.39 is 10.2 Å². The summed E-state index contributed by atoms with van der Waals surface area (Å²) < 4.78 is 32.3. The van der Waals surface area contributed by atoms with Crippen LogP contribution in [0.25, 0.3) is 0 Å². The van der Waals surface area contributed by atoms with Crippen molar-refractivity contribution in [2.45, 2.75) is 6.10 Å². The normalized spacial score (nSPS) is 22.3. The summed E-state index contributed by atoms with van der Waals surface area (Å²) in [5.41, 5.74) is 0.760. The molecule has 0 spiro atoms. The third kappa shape index (κ3) is 2.69. The molecule has 0 saturated carbocycles. The molecule has 7 heteroatoms. The molecule has 0 aromatic carbocycles. The van der Waals surface area contributed by atoms with Crippen molar-refractivity contribution in [3.8, 4) is 0 Å². The molecule has 100 valence electrons. The van der Waals surface area contributed by atoms with E-state index in [4.69, 9.17) is 4.74 Å². The molecule has 0 amide bonds. The van der Waals surface area contributed by atoms with Gasteiger partial charge in [-0.05, 0) is 12.1 Å². The van der Waals surface area contributed by atoms with Gasteiger partial charge in [-0.2, -0.15) is 17.0 Å². The van der Waals surface area contributed by atoms with E-state index in [0.29, 0.717) is 19.7 Å². The van der Waals surface area contributed by atoms with Crippen LogP contribution in [0.3, 0.4) is 0 Å². The molecule has 0 radical (unpaired) electrons. The van der Waals surface area contributed by atoms with Crippen LogP contribution in [-0.4, -0.2) is 55.8 Å². The largest absolute Gasteiger partial charge is 0.369 e. The molecule has 2 heterocycles. The number of hydrogen-bond acceptors (Lipinski definition) is 4. The van der Waals surface area contributed by atoms with Crippen LogP contribution in [0.2, 0.25) is 0 Å². The third-order valence-corrected chi connectivity index (χ3v) is 4.74. The zero-order valence-corrected chi connectivity index (χ0v) is 11.3. The van der Waals surface area contributed by atoms with E-state index in [1.54, 1.807) is 6.20 Å². The van der Waals surface area contributed by atoms with Crippen molar-refractivity contribution in [2.75, 3.05) is 33.8 Å². The first-order valence-electron chi connectivity index (χ1n) is 5.72. The van der Waals surface area contributed by atoms with Gasteiger partial charge in [0.1, 0.15) is 6.10 Å². The third-order valence-electron chi connectivity index (χ3n) is 2.83. The van der Waals surface area contributed by atoms with Gasteiger partial charge in [0, 0.05) is 33.4 Å². The number of aromatic nitrogens is 1. The van der Waals surface area contributed by atoms with Gasteiger partial charge in [-0.25, -0.2) is 0 Å². The van der Waals surface area contributed by atoms with Crippen molar-refractivity contribution in [3.05, 3.63) is 30.1 Å². The maximum atomic E-state index is 12.0. The Morgan fingerprint density at radius 1 is 1.44 bits per heavy atom. The Morgan fingerprint density at radius 2 is 2.22 bits per heavy atom. The number of hydrogen-bond donors (Lipinski definition) is 0. The smallest absolute Gasteiger partial charge is 0.281 e. The maximum absolute atomic E-state index is 12.0. The topological polar surface area (TPSA) is 62.7 Å². The Labute approximate surface area is 107 Å². The second-order valence-electron chi connectivity index (χ2n) is 4.26. The summed E-state index contributed by atoms with van der Waals surface area (Å²) >= 11 is 0. The van der Waals surface area contributed by atoms with Crippen LogP contribution in [0.1, 0.15) is 11.8 Å². The molecule has 2 rings (SSSR count). The van der Waals surface area contributed by atoms with Gasteiger partial charge in [-0.1, -0.05) is 6.07 Å². The zero-order chi connectivity index (χ0) is 13.2. The van der Waals surface area contributed by atoms with Crippen LogP contribution in [-0.2, 0) is 14.9 Å². The first-order valence-corrected chi connectivity index (χ1v) is 7.11. The minimum Gasteiger partial charge on any atom is -0.369 e. The van der Waals surface area contributed by atoms with Crippen LogP contribution in [0.15, 0.2) is 24.4 Å². The Bertz CT molecular complexity index is 490. The van der Waals surface area contributed by atoms with Gasteiger partial charge < -0.3 is 4.74 Å². The highest BCUT2D eigenvalue weighted by Gasteiger charge is 2.31. The van der Waals surface area contributed by atoms with Gasteiger partial charge in [0.05, 0.1) is 12.3 Å². The highest BCUT2D eigenvalue weighted by Crippen LogP contribution is 2.22. The van der Waals surface area contributed by atoms with Crippen LogP contribution < -0.4 is 0 Å². The molecule has 1 aliphatic heterocycles. The molecule has 1 atom stereocenters. The number of morpholine rings is 1. The van der Waals surface area contributed by atoms with E-state index in [1.165, 1.54) is 22.7 Å². The molecule has 6 nitrogen and oxygen atoms in total.